The highest BCUT2D eigenvalue weighted by atomic mass is 16.5. The molecule has 0 spiro atoms. The lowest BCUT2D eigenvalue weighted by atomic mass is 9.87. The summed E-state index contributed by atoms with van der Waals surface area (Å²) in [7, 11) is 1.82. The molecule has 1 aliphatic carbocycles. The fourth-order valence-electron chi connectivity index (χ4n) is 3.98. The number of ether oxygens (including phenoxy) is 1. The van der Waals surface area contributed by atoms with E-state index in [1.807, 2.05) is 33.0 Å². The van der Waals surface area contributed by atoms with Crippen molar-refractivity contribution in [2.45, 2.75) is 58.6 Å². The van der Waals surface area contributed by atoms with E-state index in [0.29, 0.717) is 42.5 Å². The highest BCUT2D eigenvalue weighted by Crippen LogP contribution is 2.30. The third kappa shape index (κ3) is 5.24. The molecule has 1 aliphatic rings. The summed E-state index contributed by atoms with van der Waals surface area (Å²) in [5.74, 6) is 0.783. The zero-order valence-corrected chi connectivity index (χ0v) is 19.0. The Morgan fingerprint density at radius 1 is 1.27 bits per heavy atom. The zero-order valence-electron chi connectivity index (χ0n) is 19.0. The number of nitrogens with zero attached hydrogens (tertiary/aromatic N) is 7. The smallest absolute Gasteiger partial charge is 0.306 e. The van der Waals surface area contributed by atoms with Crippen molar-refractivity contribution in [2.75, 3.05) is 5.32 Å². The Morgan fingerprint density at radius 3 is 2.88 bits per heavy atom. The van der Waals surface area contributed by atoms with Crippen LogP contribution in [0.3, 0.4) is 0 Å². The summed E-state index contributed by atoms with van der Waals surface area (Å²) in [5, 5.41) is 21.0. The molecule has 2 atom stereocenters. The fourth-order valence-corrected chi connectivity index (χ4v) is 3.98. The van der Waals surface area contributed by atoms with Crippen LogP contribution in [0.4, 0.5) is 5.95 Å². The van der Waals surface area contributed by atoms with Gasteiger partial charge in [-0.05, 0) is 44.7 Å². The molecule has 0 unspecified atom stereocenters. The molecule has 0 radical (unpaired) electrons. The standard InChI is InChI=1S/C22H28N8O3/c1-4-19-24-12-25-22(27-19)23-11-17-20(28-29-30(17)3)16-8-9-18(13(2)26-16)33-15-7-5-6-14(10-15)21(31)32/h8-9,12,14-15H,4-7,10-11H2,1-3H3,(H,31,32)(H,23,24,25,27)/t14-,15-/m0/s1. The molecule has 0 saturated heterocycles. The van der Waals surface area contributed by atoms with E-state index in [2.05, 4.69) is 30.6 Å². The van der Waals surface area contributed by atoms with E-state index in [-0.39, 0.29) is 12.0 Å². The number of nitrogens with one attached hydrogen (secondary N) is 1. The maximum absolute atomic E-state index is 11.3. The SMILES string of the molecule is CCc1ncnc(NCc2c(-c3ccc(O[C@H]4CCC[C@H](C(=O)O)C4)c(C)n3)nnn2C)n1. The number of carboxylic acids is 1. The van der Waals surface area contributed by atoms with Crippen LogP contribution in [-0.2, 0) is 24.8 Å². The third-order valence-corrected chi connectivity index (χ3v) is 5.84. The van der Waals surface area contributed by atoms with Gasteiger partial charge in [0.15, 0.2) is 0 Å². The molecule has 0 bridgehead atoms. The van der Waals surface area contributed by atoms with Gasteiger partial charge in [-0.25, -0.2) is 19.6 Å². The lowest BCUT2D eigenvalue weighted by Gasteiger charge is -2.27. The molecule has 174 valence electrons. The van der Waals surface area contributed by atoms with Crippen LogP contribution in [0.5, 0.6) is 5.75 Å². The third-order valence-electron chi connectivity index (χ3n) is 5.84. The predicted molar refractivity (Wildman–Crippen MR) is 120 cm³/mol. The average molecular weight is 453 g/mol. The van der Waals surface area contributed by atoms with Gasteiger partial charge in [-0.3, -0.25) is 4.79 Å². The number of hydrogen-bond donors (Lipinski definition) is 2. The summed E-state index contributed by atoms with van der Waals surface area (Å²) in [5.41, 5.74) is 2.90. The second-order valence-electron chi connectivity index (χ2n) is 8.16. The number of carbonyl (C=O) groups is 1. The van der Waals surface area contributed by atoms with Crippen molar-refractivity contribution in [3.05, 3.63) is 35.7 Å². The molecule has 33 heavy (non-hydrogen) atoms. The first-order chi connectivity index (χ1) is 15.9. The molecule has 11 heteroatoms. The van der Waals surface area contributed by atoms with E-state index in [9.17, 15) is 9.90 Å². The van der Waals surface area contributed by atoms with Crippen molar-refractivity contribution < 1.29 is 14.6 Å². The molecule has 2 N–H and O–H groups in total. The van der Waals surface area contributed by atoms with Gasteiger partial charge in [0.2, 0.25) is 5.95 Å². The molecular weight excluding hydrogens is 424 g/mol. The van der Waals surface area contributed by atoms with Gasteiger partial charge in [-0.2, -0.15) is 4.98 Å². The topological polar surface area (TPSA) is 141 Å². The van der Waals surface area contributed by atoms with E-state index < -0.39 is 5.97 Å². The second-order valence-corrected chi connectivity index (χ2v) is 8.16. The molecule has 3 heterocycles. The maximum atomic E-state index is 11.3. The lowest BCUT2D eigenvalue weighted by molar-refractivity contribution is -0.143. The van der Waals surface area contributed by atoms with Gasteiger partial charge >= 0.3 is 5.97 Å². The summed E-state index contributed by atoms with van der Waals surface area (Å²) in [6.45, 7) is 4.29. The number of carboxylic acid groups (broad SMARTS) is 1. The number of pyridine rings is 1. The molecular formula is C22H28N8O3. The second kappa shape index (κ2) is 9.88. The highest BCUT2D eigenvalue weighted by molar-refractivity contribution is 5.70. The number of rotatable bonds is 8. The van der Waals surface area contributed by atoms with Crippen molar-refractivity contribution in [3.63, 3.8) is 0 Å². The van der Waals surface area contributed by atoms with Gasteiger partial charge in [0, 0.05) is 13.5 Å². The quantitative estimate of drug-likeness (QED) is 0.524. The Morgan fingerprint density at radius 2 is 2.12 bits per heavy atom. The first-order valence-corrected chi connectivity index (χ1v) is 11.1. The van der Waals surface area contributed by atoms with Gasteiger partial charge in [0.1, 0.15) is 23.6 Å². The summed E-state index contributed by atoms with van der Waals surface area (Å²) >= 11 is 0. The summed E-state index contributed by atoms with van der Waals surface area (Å²) in [4.78, 5) is 28.7. The van der Waals surface area contributed by atoms with Crippen molar-refractivity contribution in [1.82, 2.24) is 34.9 Å². The largest absolute Gasteiger partial charge is 0.489 e. The summed E-state index contributed by atoms with van der Waals surface area (Å²) < 4.78 is 7.81. The van der Waals surface area contributed by atoms with E-state index >= 15 is 0 Å². The molecule has 0 aliphatic heterocycles. The van der Waals surface area contributed by atoms with Crippen LogP contribution in [0.1, 0.15) is 49.8 Å². The number of anilines is 1. The van der Waals surface area contributed by atoms with Crippen molar-refractivity contribution in [3.8, 4) is 17.1 Å². The van der Waals surface area contributed by atoms with Gasteiger partial charge in [-0.1, -0.05) is 12.1 Å². The van der Waals surface area contributed by atoms with Crippen LogP contribution in [0.25, 0.3) is 11.4 Å². The van der Waals surface area contributed by atoms with Gasteiger partial charge in [-0.15, -0.1) is 5.10 Å². The van der Waals surface area contributed by atoms with Crippen LogP contribution in [0, 0.1) is 12.8 Å². The maximum Gasteiger partial charge on any atom is 0.306 e. The Bertz CT molecular complexity index is 1130. The monoisotopic (exact) mass is 452 g/mol. The van der Waals surface area contributed by atoms with Crippen LogP contribution in [0.2, 0.25) is 0 Å². The van der Waals surface area contributed by atoms with Gasteiger partial charge in [0.25, 0.3) is 0 Å². The Kier molecular flexibility index (Phi) is 6.76. The molecule has 3 aromatic heterocycles. The molecule has 1 fully saturated rings. The van der Waals surface area contributed by atoms with Crippen LogP contribution < -0.4 is 10.1 Å². The highest BCUT2D eigenvalue weighted by Gasteiger charge is 2.28. The van der Waals surface area contributed by atoms with E-state index in [1.54, 1.807) is 4.68 Å². The Balaban J connectivity index is 1.48. The van der Waals surface area contributed by atoms with Crippen LogP contribution in [0.15, 0.2) is 18.5 Å². The van der Waals surface area contributed by atoms with E-state index in [0.717, 1.165) is 36.5 Å². The average Bonchev–Trinajstić information content (AvgIpc) is 3.19. The zero-order chi connectivity index (χ0) is 23.4. The minimum atomic E-state index is -0.750. The van der Waals surface area contributed by atoms with Crippen molar-refractivity contribution in [2.24, 2.45) is 13.0 Å². The van der Waals surface area contributed by atoms with Gasteiger partial charge < -0.3 is 15.2 Å². The number of aryl methyl sites for hydroxylation is 3. The molecule has 4 rings (SSSR count). The number of aromatic nitrogens is 7. The van der Waals surface area contributed by atoms with E-state index in [4.69, 9.17) is 9.72 Å². The van der Waals surface area contributed by atoms with Crippen molar-refractivity contribution in [1.29, 1.82) is 0 Å². The Hall–Kier alpha value is -3.63. The minimum absolute atomic E-state index is 0.115. The first-order valence-electron chi connectivity index (χ1n) is 11.1. The molecule has 11 nitrogen and oxygen atoms in total. The van der Waals surface area contributed by atoms with Gasteiger partial charge in [0.05, 0.1) is 35.6 Å². The summed E-state index contributed by atoms with van der Waals surface area (Å²) in [6, 6.07) is 3.72. The molecule has 0 aromatic carbocycles. The molecule has 1 saturated carbocycles. The number of aliphatic carboxylic acids is 1. The fraction of sp³-hybridized carbons (Fsp3) is 0.500. The first kappa shape index (κ1) is 22.6. The Labute approximate surface area is 191 Å². The van der Waals surface area contributed by atoms with E-state index in [1.165, 1.54) is 6.33 Å². The van der Waals surface area contributed by atoms with Crippen LogP contribution in [-0.4, -0.2) is 52.1 Å². The van der Waals surface area contributed by atoms with Crippen molar-refractivity contribution >= 4 is 11.9 Å². The molecule has 3 aromatic rings. The lowest BCUT2D eigenvalue weighted by Crippen LogP contribution is -2.29. The van der Waals surface area contributed by atoms with Crippen LogP contribution >= 0.6 is 0 Å². The predicted octanol–water partition coefficient (Wildman–Crippen LogP) is 2.57. The summed E-state index contributed by atoms with van der Waals surface area (Å²) in [6.07, 6.45) is 5.03. The number of hydrogen-bond acceptors (Lipinski definition) is 9. The molecule has 0 amide bonds. The minimum Gasteiger partial charge on any atom is -0.489 e. The normalized spacial score (nSPS) is 18.2.